The van der Waals surface area contributed by atoms with Gasteiger partial charge < -0.3 is 10.6 Å². The van der Waals surface area contributed by atoms with Crippen LogP contribution in [0.3, 0.4) is 0 Å². The summed E-state index contributed by atoms with van der Waals surface area (Å²) in [7, 11) is 0. The highest BCUT2D eigenvalue weighted by atomic mass is 16.1. The van der Waals surface area contributed by atoms with Crippen molar-refractivity contribution in [1.82, 2.24) is 4.90 Å². The zero-order valence-electron chi connectivity index (χ0n) is 8.09. The minimum atomic E-state index is -0.0947. The fourth-order valence-corrected chi connectivity index (χ4v) is 2.15. The number of nitrogens with two attached hydrogens (primary N) is 1. The van der Waals surface area contributed by atoms with Crippen molar-refractivity contribution in [3.8, 4) is 0 Å². The van der Waals surface area contributed by atoms with E-state index in [2.05, 4.69) is 4.90 Å². The highest BCUT2D eigenvalue weighted by Crippen LogP contribution is 2.48. The quantitative estimate of drug-likeness (QED) is 0.697. The predicted octanol–water partition coefficient (Wildman–Crippen LogP) is 0.738. The summed E-state index contributed by atoms with van der Waals surface area (Å²) in [6.07, 6.45) is 5.68. The third-order valence-electron chi connectivity index (χ3n) is 3.48. The standard InChI is InChI=1S/C10H18N2O/c11-9(13)10(3-4-10)5-8-12-6-1-2-7-12/h1-8H2,(H2,11,13). The molecule has 3 heteroatoms. The number of amides is 1. The van der Waals surface area contributed by atoms with E-state index in [1.807, 2.05) is 0 Å². The molecular formula is C10H18N2O. The summed E-state index contributed by atoms with van der Waals surface area (Å²) in [6, 6.07) is 0. The number of carbonyl (C=O) groups is 1. The molecule has 2 fully saturated rings. The van der Waals surface area contributed by atoms with E-state index in [1.54, 1.807) is 0 Å². The maximum Gasteiger partial charge on any atom is 0.223 e. The van der Waals surface area contributed by atoms with Crippen LogP contribution in [-0.4, -0.2) is 30.4 Å². The second-order valence-corrected chi connectivity index (χ2v) is 4.44. The number of likely N-dealkylation sites (tertiary alicyclic amines) is 1. The summed E-state index contributed by atoms with van der Waals surface area (Å²) in [5.41, 5.74) is 5.27. The summed E-state index contributed by atoms with van der Waals surface area (Å²) < 4.78 is 0. The maximum atomic E-state index is 11.1. The SMILES string of the molecule is NC(=O)C1(CCN2CCCC2)CC1. The van der Waals surface area contributed by atoms with Gasteiger partial charge >= 0.3 is 0 Å². The van der Waals surface area contributed by atoms with Gasteiger partial charge in [-0.05, 0) is 51.7 Å². The molecule has 1 aliphatic heterocycles. The highest BCUT2D eigenvalue weighted by Gasteiger charge is 2.47. The molecule has 2 N–H and O–H groups in total. The lowest BCUT2D eigenvalue weighted by atomic mass is 10.0. The summed E-state index contributed by atoms with van der Waals surface area (Å²) in [5, 5.41) is 0. The van der Waals surface area contributed by atoms with E-state index in [4.69, 9.17) is 5.73 Å². The Bertz CT molecular complexity index is 205. The van der Waals surface area contributed by atoms with E-state index in [0.717, 1.165) is 25.8 Å². The number of carbonyl (C=O) groups excluding carboxylic acids is 1. The van der Waals surface area contributed by atoms with Crippen molar-refractivity contribution in [3.05, 3.63) is 0 Å². The lowest BCUT2D eigenvalue weighted by molar-refractivity contribution is -0.123. The van der Waals surface area contributed by atoms with E-state index in [-0.39, 0.29) is 11.3 Å². The van der Waals surface area contributed by atoms with Crippen LogP contribution in [0.4, 0.5) is 0 Å². The predicted molar refractivity (Wildman–Crippen MR) is 51.2 cm³/mol. The first-order valence-corrected chi connectivity index (χ1v) is 5.25. The van der Waals surface area contributed by atoms with Gasteiger partial charge in [0.25, 0.3) is 0 Å². The van der Waals surface area contributed by atoms with Gasteiger partial charge in [-0.1, -0.05) is 0 Å². The summed E-state index contributed by atoms with van der Waals surface area (Å²) in [6.45, 7) is 3.51. The van der Waals surface area contributed by atoms with Crippen molar-refractivity contribution >= 4 is 5.91 Å². The molecule has 0 aromatic heterocycles. The monoisotopic (exact) mass is 182 g/mol. The van der Waals surface area contributed by atoms with Crippen molar-refractivity contribution in [2.24, 2.45) is 11.1 Å². The zero-order chi connectivity index (χ0) is 9.31. The molecule has 0 radical (unpaired) electrons. The Morgan fingerprint density at radius 2 is 1.92 bits per heavy atom. The van der Waals surface area contributed by atoms with E-state index in [0.29, 0.717) is 0 Å². The van der Waals surface area contributed by atoms with E-state index < -0.39 is 0 Å². The van der Waals surface area contributed by atoms with Crippen LogP contribution in [0.2, 0.25) is 0 Å². The summed E-state index contributed by atoms with van der Waals surface area (Å²) in [4.78, 5) is 13.5. The number of nitrogens with zero attached hydrogens (tertiary/aromatic N) is 1. The van der Waals surface area contributed by atoms with Crippen LogP contribution in [0, 0.1) is 5.41 Å². The molecule has 2 aliphatic rings. The van der Waals surface area contributed by atoms with Gasteiger partial charge in [0.05, 0.1) is 5.41 Å². The van der Waals surface area contributed by atoms with Crippen molar-refractivity contribution in [2.75, 3.05) is 19.6 Å². The molecule has 0 atom stereocenters. The van der Waals surface area contributed by atoms with Gasteiger partial charge in [0.15, 0.2) is 0 Å². The van der Waals surface area contributed by atoms with E-state index in [9.17, 15) is 4.79 Å². The second kappa shape index (κ2) is 3.29. The first kappa shape index (κ1) is 9.00. The number of rotatable bonds is 4. The Kier molecular flexibility index (Phi) is 2.28. The molecule has 2 rings (SSSR count). The molecule has 0 unspecified atom stereocenters. The molecule has 0 aromatic rings. The van der Waals surface area contributed by atoms with Crippen molar-refractivity contribution in [1.29, 1.82) is 0 Å². The molecule has 1 aliphatic carbocycles. The average molecular weight is 182 g/mol. The Hall–Kier alpha value is -0.570. The molecule has 0 bridgehead atoms. The minimum absolute atomic E-state index is 0.0771. The van der Waals surface area contributed by atoms with Crippen LogP contribution in [0.15, 0.2) is 0 Å². The summed E-state index contributed by atoms with van der Waals surface area (Å²) in [5.74, 6) is -0.0771. The highest BCUT2D eigenvalue weighted by molar-refractivity contribution is 5.83. The van der Waals surface area contributed by atoms with E-state index in [1.165, 1.54) is 25.9 Å². The molecule has 74 valence electrons. The fourth-order valence-electron chi connectivity index (χ4n) is 2.15. The van der Waals surface area contributed by atoms with Gasteiger partial charge in [0.2, 0.25) is 5.91 Å². The Labute approximate surface area is 79.3 Å². The molecule has 1 saturated heterocycles. The van der Waals surface area contributed by atoms with Crippen LogP contribution in [-0.2, 0) is 4.79 Å². The third kappa shape index (κ3) is 1.85. The minimum Gasteiger partial charge on any atom is -0.369 e. The molecule has 1 saturated carbocycles. The first-order chi connectivity index (χ1) is 6.23. The van der Waals surface area contributed by atoms with Gasteiger partial charge in [-0.3, -0.25) is 4.79 Å². The molecule has 13 heavy (non-hydrogen) atoms. The number of hydrogen-bond acceptors (Lipinski definition) is 2. The lowest BCUT2D eigenvalue weighted by Gasteiger charge is -2.17. The molecule has 1 amide bonds. The maximum absolute atomic E-state index is 11.1. The van der Waals surface area contributed by atoms with Gasteiger partial charge in [-0.2, -0.15) is 0 Å². The smallest absolute Gasteiger partial charge is 0.223 e. The van der Waals surface area contributed by atoms with Crippen LogP contribution >= 0.6 is 0 Å². The van der Waals surface area contributed by atoms with Gasteiger partial charge in [0, 0.05) is 0 Å². The lowest BCUT2D eigenvalue weighted by Crippen LogP contribution is -2.30. The number of primary amides is 1. The number of hydrogen-bond donors (Lipinski definition) is 1. The van der Waals surface area contributed by atoms with Gasteiger partial charge in [0.1, 0.15) is 0 Å². The molecular weight excluding hydrogens is 164 g/mol. The van der Waals surface area contributed by atoms with Crippen molar-refractivity contribution in [2.45, 2.75) is 32.1 Å². The Balaban J connectivity index is 1.75. The van der Waals surface area contributed by atoms with Crippen LogP contribution in [0.5, 0.6) is 0 Å². The topological polar surface area (TPSA) is 46.3 Å². The van der Waals surface area contributed by atoms with Gasteiger partial charge in [-0.25, -0.2) is 0 Å². The second-order valence-electron chi connectivity index (χ2n) is 4.44. The largest absolute Gasteiger partial charge is 0.369 e. The third-order valence-corrected chi connectivity index (χ3v) is 3.48. The Morgan fingerprint density at radius 3 is 2.38 bits per heavy atom. The molecule has 1 heterocycles. The first-order valence-electron chi connectivity index (χ1n) is 5.25. The van der Waals surface area contributed by atoms with Crippen LogP contribution < -0.4 is 5.73 Å². The average Bonchev–Trinajstić information content (AvgIpc) is 2.73. The Morgan fingerprint density at radius 1 is 1.31 bits per heavy atom. The normalized spacial score (nSPS) is 26.2. The fraction of sp³-hybridized carbons (Fsp3) is 0.900. The molecule has 0 aromatic carbocycles. The van der Waals surface area contributed by atoms with Crippen LogP contribution in [0.25, 0.3) is 0 Å². The van der Waals surface area contributed by atoms with E-state index >= 15 is 0 Å². The van der Waals surface area contributed by atoms with Crippen LogP contribution in [0.1, 0.15) is 32.1 Å². The van der Waals surface area contributed by atoms with Crippen molar-refractivity contribution < 1.29 is 4.79 Å². The molecule has 0 spiro atoms. The zero-order valence-corrected chi connectivity index (χ0v) is 8.09. The van der Waals surface area contributed by atoms with Crippen molar-refractivity contribution in [3.63, 3.8) is 0 Å². The molecule has 3 nitrogen and oxygen atoms in total. The van der Waals surface area contributed by atoms with Gasteiger partial charge in [-0.15, -0.1) is 0 Å². The summed E-state index contributed by atoms with van der Waals surface area (Å²) >= 11 is 0.